The molecule has 0 aliphatic heterocycles. The highest BCUT2D eigenvalue weighted by atomic mass is 15.2. The lowest BCUT2D eigenvalue weighted by Gasteiger charge is -2.22. The highest BCUT2D eigenvalue weighted by molar-refractivity contribution is 5.94. The van der Waals surface area contributed by atoms with Gasteiger partial charge in [-0.05, 0) is 23.4 Å². The van der Waals surface area contributed by atoms with Gasteiger partial charge in [0.2, 0.25) is 0 Å². The van der Waals surface area contributed by atoms with E-state index in [2.05, 4.69) is 62.3 Å². The molecule has 0 radical (unpaired) electrons. The summed E-state index contributed by atoms with van der Waals surface area (Å²) in [6.45, 7) is 9.46. The molecular weight excluding hydrogens is 246 g/mol. The summed E-state index contributed by atoms with van der Waals surface area (Å²) >= 11 is 0. The number of hydrogen-bond acceptors (Lipinski definition) is 3. The predicted molar refractivity (Wildman–Crippen MR) is 87.2 cm³/mol. The Hall–Kier alpha value is -1.61. The van der Waals surface area contributed by atoms with Gasteiger partial charge in [0.25, 0.3) is 0 Å². The third-order valence-electron chi connectivity index (χ3n) is 3.42. The smallest absolute Gasteiger partial charge is 0.136 e. The monoisotopic (exact) mass is 271 g/mol. The molecule has 20 heavy (non-hydrogen) atoms. The summed E-state index contributed by atoms with van der Waals surface area (Å²) in [4.78, 5) is 6.95. The van der Waals surface area contributed by atoms with Crippen molar-refractivity contribution in [3.8, 4) is 0 Å². The van der Waals surface area contributed by atoms with Gasteiger partial charge in [0, 0.05) is 31.7 Å². The summed E-state index contributed by atoms with van der Waals surface area (Å²) in [5.74, 6) is 1.71. The second kappa shape index (κ2) is 6.71. The quantitative estimate of drug-likeness (QED) is 0.872. The van der Waals surface area contributed by atoms with Crippen LogP contribution in [0.3, 0.4) is 0 Å². The maximum Gasteiger partial charge on any atom is 0.136 e. The fourth-order valence-corrected chi connectivity index (χ4v) is 2.58. The molecule has 2 rings (SSSR count). The lowest BCUT2D eigenvalue weighted by Crippen LogP contribution is -2.24. The molecular formula is C17H25N3. The zero-order valence-corrected chi connectivity index (χ0v) is 13.0. The van der Waals surface area contributed by atoms with E-state index in [1.54, 1.807) is 0 Å². The Morgan fingerprint density at radius 2 is 1.90 bits per heavy atom. The largest absolute Gasteiger partial charge is 0.359 e. The molecule has 0 fully saturated rings. The Labute approximate surface area is 122 Å². The lowest BCUT2D eigenvalue weighted by molar-refractivity contribution is 0.635. The van der Waals surface area contributed by atoms with E-state index in [0.717, 1.165) is 25.5 Å². The van der Waals surface area contributed by atoms with Crippen LogP contribution in [0.15, 0.2) is 30.5 Å². The Balaban J connectivity index is 2.42. The molecule has 0 amide bonds. The number of aromatic nitrogens is 1. The molecule has 0 atom stereocenters. The minimum absolute atomic E-state index is 0.627. The van der Waals surface area contributed by atoms with Crippen molar-refractivity contribution in [2.45, 2.75) is 27.3 Å². The van der Waals surface area contributed by atoms with Crippen LogP contribution in [-0.2, 0) is 6.54 Å². The predicted octanol–water partition coefficient (Wildman–Crippen LogP) is 3.44. The van der Waals surface area contributed by atoms with Gasteiger partial charge in [-0.1, -0.05) is 45.0 Å². The van der Waals surface area contributed by atoms with E-state index in [0.29, 0.717) is 5.92 Å². The minimum atomic E-state index is 0.627. The summed E-state index contributed by atoms with van der Waals surface area (Å²) < 4.78 is 0. The van der Waals surface area contributed by atoms with E-state index in [-0.39, 0.29) is 0 Å². The third kappa shape index (κ3) is 3.28. The summed E-state index contributed by atoms with van der Waals surface area (Å²) in [7, 11) is 2.12. The molecule has 0 spiro atoms. The third-order valence-corrected chi connectivity index (χ3v) is 3.42. The van der Waals surface area contributed by atoms with Gasteiger partial charge >= 0.3 is 0 Å². The Morgan fingerprint density at radius 3 is 2.55 bits per heavy atom. The van der Waals surface area contributed by atoms with E-state index in [1.807, 2.05) is 6.20 Å². The molecule has 1 aromatic heterocycles. The first-order chi connectivity index (χ1) is 9.63. The fraction of sp³-hybridized carbons (Fsp3) is 0.471. The number of benzene rings is 1. The summed E-state index contributed by atoms with van der Waals surface area (Å²) in [5, 5.41) is 5.93. The Kier molecular flexibility index (Phi) is 4.96. The molecule has 0 saturated heterocycles. The fourth-order valence-electron chi connectivity index (χ4n) is 2.58. The number of rotatable bonds is 6. The maximum absolute atomic E-state index is 4.70. The van der Waals surface area contributed by atoms with Crippen LogP contribution in [-0.4, -0.2) is 25.1 Å². The zero-order chi connectivity index (χ0) is 14.5. The summed E-state index contributed by atoms with van der Waals surface area (Å²) in [6, 6.07) is 8.55. The maximum atomic E-state index is 4.70. The van der Waals surface area contributed by atoms with Crippen LogP contribution in [0.5, 0.6) is 0 Å². The first-order valence-corrected chi connectivity index (χ1v) is 7.42. The van der Waals surface area contributed by atoms with E-state index < -0.39 is 0 Å². The minimum Gasteiger partial charge on any atom is -0.359 e. The molecule has 3 nitrogen and oxygen atoms in total. The van der Waals surface area contributed by atoms with E-state index in [9.17, 15) is 0 Å². The highest BCUT2D eigenvalue weighted by Crippen LogP contribution is 2.26. The molecule has 1 heterocycles. The molecule has 1 aromatic carbocycles. The van der Waals surface area contributed by atoms with E-state index >= 15 is 0 Å². The van der Waals surface area contributed by atoms with Crippen molar-refractivity contribution in [3.05, 3.63) is 36.0 Å². The van der Waals surface area contributed by atoms with Crippen molar-refractivity contribution in [1.82, 2.24) is 10.3 Å². The average Bonchev–Trinajstić information content (AvgIpc) is 2.43. The van der Waals surface area contributed by atoms with Crippen LogP contribution in [0, 0.1) is 5.92 Å². The lowest BCUT2D eigenvalue weighted by atomic mass is 10.1. The Bertz CT molecular complexity index is 563. The van der Waals surface area contributed by atoms with Gasteiger partial charge in [0.15, 0.2) is 0 Å². The molecule has 2 aromatic rings. The number of nitrogens with one attached hydrogen (secondary N) is 1. The number of pyridine rings is 1. The van der Waals surface area contributed by atoms with Crippen LogP contribution in [0.4, 0.5) is 5.82 Å². The number of hydrogen-bond donors (Lipinski definition) is 1. The normalized spacial score (nSPS) is 11.2. The van der Waals surface area contributed by atoms with Crippen molar-refractivity contribution in [2.24, 2.45) is 5.92 Å². The number of fused-ring (bicyclic) bond motifs is 1. The van der Waals surface area contributed by atoms with Gasteiger partial charge in [0.1, 0.15) is 5.82 Å². The highest BCUT2D eigenvalue weighted by Gasteiger charge is 2.11. The Morgan fingerprint density at radius 1 is 1.20 bits per heavy atom. The second-order valence-corrected chi connectivity index (χ2v) is 5.71. The van der Waals surface area contributed by atoms with Gasteiger partial charge in [-0.3, -0.25) is 0 Å². The van der Waals surface area contributed by atoms with Gasteiger partial charge in [-0.15, -0.1) is 0 Å². The number of nitrogens with zero attached hydrogens (tertiary/aromatic N) is 2. The second-order valence-electron chi connectivity index (χ2n) is 5.71. The SMILES string of the molecule is CCNCc1cnc(N(C)CC(C)C)c2ccccc12. The van der Waals surface area contributed by atoms with Gasteiger partial charge in [-0.2, -0.15) is 0 Å². The van der Waals surface area contributed by atoms with Crippen molar-refractivity contribution >= 4 is 16.6 Å². The van der Waals surface area contributed by atoms with E-state index in [4.69, 9.17) is 4.98 Å². The van der Waals surface area contributed by atoms with Crippen LogP contribution in [0.25, 0.3) is 10.8 Å². The molecule has 0 aliphatic carbocycles. The molecule has 1 N–H and O–H groups in total. The molecule has 0 aliphatic rings. The average molecular weight is 271 g/mol. The molecule has 3 heteroatoms. The molecule has 108 valence electrons. The van der Waals surface area contributed by atoms with Crippen molar-refractivity contribution in [2.75, 3.05) is 25.0 Å². The van der Waals surface area contributed by atoms with Crippen LogP contribution >= 0.6 is 0 Å². The first kappa shape index (κ1) is 14.8. The van der Waals surface area contributed by atoms with Crippen LogP contribution in [0.2, 0.25) is 0 Å². The van der Waals surface area contributed by atoms with Gasteiger partial charge < -0.3 is 10.2 Å². The van der Waals surface area contributed by atoms with Crippen LogP contribution in [0.1, 0.15) is 26.3 Å². The van der Waals surface area contributed by atoms with Crippen molar-refractivity contribution in [3.63, 3.8) is 0 Å². The van der Waals surface area contributed by atoms with Crippen LogP contribution < -0.4 is 10.2 Å². The summed E-state index contributed by atoms with van der Waals surface area (Å²) in [5.41, 5.74) is 1.27. The summed E-state index contributed by atoms with van der Waals surface area (Å²) in [6.07, 6.45) is 2.01. The van der Waals surface area contributed by atoms with E-state index in [1.165, 1.54) is 16.3 Å². The first-order valence-electron chi connectivity index (χ1n) is 7.42. The molecule has 0 bridgehead atoms. The van der Waals surface area contributed by atoms with Crippen molar-refractivity contribution < 1.29 is 0 Å². The molecule has 0 unspecified atom stereocenters. The molecule has 0 saturated carbocycles. The zero-order valence-electron chi connectivity index (χ0n) is 13.0. The number of anilines is 1. The topological polar surface area (TPSA) is 28.2 Å². The van der Waals surface area contributed by atoms with Gasteiger partial charge in [-0.25, -0.2) is 4.98 Å². The van der Waals surface area contributed by atoms with Crippen molar-refractivity contribution in [1.29, 1.82) is 0 Å². The van der Waals surface area contributed by atoms with Gasteiger partial charge in [0.05, 0.1) is 0 Å². The standard InChI is InChI=1S/C17H25N3/c1-5-18-10-14-11-19-17(20(4)12-13(2)3)16-9-7-6-8-15(14)16/h6-9,11,13,18H,5,10,12H2,1-4H3.